The van der Waals surface area contributed by atoms with Crippen LogP contribution >= 0.6 is 11.3 Å². The Balaban J connectivity index is 1.63. The van der Waals surface area contributed by atoms with E-state index in [0.717, 1.165) is 15.2 Å². The summed E-state index contributed by atoms with van der Waals surface area (Å²) in [6.45, 7) is 0.138. The largest absolute Gasteiger partial charge is 0.341 e. The molecule has 0 radical (unpaired) electrons. The smallest absolute Gasteiger partial charge is 0.254 e. The summed E-state index contributed by atoms with van der Waals surface area (Å²) in [6.07, 6.45) is 6.00. The number of rotatable bonds is 6. The van der Waals surface area contributed by atoms with E-state index in [0.29, 0.717) is 24.1 Å². The van der Waals surface area contributed by atoms with Crippen molar-refractivity contribution in [3.05, 3.63) is 59.1 Å². The van der Waals surface area contributed by atoms with Crippen LogP contribution in [-0.4, -0.2) is 23.3 Å². The number of benzene rings is 2. The highest BCUT2D eigenvalue weighted by molar-refractivity contribution is 7.18. The molecule has 0 bridgehead atoms. The molecule has 0 aliphatic heterocycles. The van der Waals surface area contributed by atoms with E-state index in [1.165, 1.54) is 0 Å². The van der Waals surface area contributed by atoms with Crippen LogP contribution in [0.1, 0.15) is 21.8 Å². The van der Waals surface area contributed by atoms with Gasteiger partial charge >= 0.3 is 0 Å². The fraction of sp³-hybridized carbons (Fsp3) is 0.150. The SMILES string of the molecule is C#CCNC(=O)c1ccccc1NC(=O)CCc1nc2ccccc2s1. The zero-order chi connectivity index (χ0) is 18.4. The molecule has 6 heteroatoms. The predicted molar refractivity (Wildman–Crippen MR) is 104 cm³/mol. The minimum absolute atomic E-state index is 0.138. The zero-order valence-corrected chi connectivity index (χ0v) is 14.8. The topological polar surface area (TPSA) is 71.1 Å². The van der Waals surface area contributed by atoms with Gasteiger partial charge in [0, 0.05) is 12.8 Å². The van der Waals surface area contributed by atoms with Crippen molar-refractivity contribution in [3.8, 4) is 12.3 Å². The van der Waals surface area contributed by atoms with E-state index in [-0.39, 0.29) is 18.4 Å². The molecule has 2 amide bonds. The molecule has 3 rings (SSSR count). The number of thiazole rings is 1. The number of para-hydroxylation sites is 2. The first-order valence-electron chi connectivity index (χ1n) is 8.12. The van der Waals surface area contributed by atoms with Crippen molar-refractivity contribution in [2.24, 2.45) is 0 Å². The Hall–Kier alpha value is -3.17. The molecule has 0 saturated heterocycles. The van der Waals surface area contributed by atoms with Crippen molar-refractivity contribution in [2.75, 3.05) is 11.9 Å². The van der Waals surface area contributed by atoms with Gasteiger partial charge in [0.2, 0.25) is 5.91 Å². The lowest BCUT2D eigenvalue weighted by atomic mass is 10.1. The van der Waals surface area contributed by atoms with E-state index in [9.17, 15) is 9.59 Å². The minimum Gasteiger partial charge on any atom is -0.341 e. The van der Waals surface area contributed by atoms with Gasteiger partial charge in [-0.1, -0.05) is 30.2 Å². The van der Waals surface area contributed by atoms with Crippen molar-refractivity contribution in [2.45, 2.75) is 12.8 Å². The first-order valence-corrected chi connectivity index (χ1v) is 8.94. The Bertz CT molecular complexity index is 955. The van der Waals surface area contributed by atoms with Gasteiger partial charge in [-0.05, 0) is 24.3 Å². The molecule has 0 atom stereocenters. The normalized spacial score (nSPS) is 10.3. The van der Waals surface area contributed by atoms with Gasteiger partial charge in [0.15, 0.2) is 0 Å². The summed E-state index contributed by atoms with van der Waals surface area (Å²) < 4.78 is 1.11. The third kappa shape index (κ3) is 4.26. The lowest BCUT2D eigenvalue weighted by molar-refractivity contribution is -0.116. The van der Waals surface area contributed by atoms with Crippen molar-refractivity contribution >= 4 is 39.1 Å². The highest BCUT2D eigenvalue weighted by Gasteiger charge is 2.13. The number of terminal acetylenes is 1. The standard InChI is InChI=1S/C20H17N3O2S/c1-2-13-21-20(25)14-7-3-4-8-15(14)22-18(24)11-12-19-23-16-9-5-6-10-17(16)26-19/h1,3-10H,11-13H2,(H,21,25)(H,22,24). The highest BCUT2D eigenvalue weighted by atomic mass is 32.1. The number of aromatic nitrogens is 1. The molecule has 0 fully saturated rings. The van der Waals surface area contributed by atoms with Crippen LogP contribution in [0, 0.1) is 12.3 Å². The average Bonchev–Trinajstić information content (AvgIpc) is 3.08. The van der Waals surface area contributed by atoms with Crippen LogP contribution < -0.4 is 10.6 Å². The number of hydrogen-bond acceptors (Lipinski definition) is 4. The van der Waals surface area contributed by atoms with Gasteiger partial charge in [0.05, 0.1) is 33.0 Å². The summed E-state index contributed by atoms with van der Waals surface area (Å²) in [6, 6.07) is 14.7. The van der Waals surface area contributed by atoms with Gasteiger partial charge in [-0.3, -0.25) is 9.59 Å². The van der Waals surface area contributed by atoms with Crippen LogP contribution in [0.3, 0.4) is 0 Å². The average molecular weight is 363 g/mol. The zero-order valence-electron chi connectivity index (χ0n) is 14.0. The molecule has 0 aliphatic rings. The van der Waals surface area contributed by atoms with Crippen LogP contribution in [0.5, 0.6) is 0 Å². The number of hydrogen-bond donors (Lipinski definition) is 2. The van der Waals surface area contributed by atoms with Crippen LogP contribution in [0.2, 0.25) is 0 Å². The van der Waals surface area contributed by atoms with Crippen LogP contribution in [0.25, 0.3) is 10.2 Å². The first kappa shape index (κ1) is 17.6. The maximum absolute atomic E-state index is 12.3. The van der Waals surface area contributed by atoms with Crippen molar-refractivity contribution in [1.82, 2.24) is 10.3 Å². The Labute approximate surface area is 155 Å². The van der Waals surface area contributed by atoms with E-state index < -0.39 is 0 Å². The van der Waals surface area contributed by atoms with E-state index >= 15 is 0 Å². The van der Waals surface area contributed by atoms with Gasteiger partial charge < -0.3 is 10.6 Å². The number of carbonyl (C=O) groups is 2. The van der Waals surface area contributed by atoms with Crippen molar-refractivity contribution in [3.63, 3.8) is 0 Å². The summed E-state index contributed by atoms with van der Waals surface area (Å²) >= 11 is 1.59. The Kier molecular flexibility index (Phi) is 5.62. The van der Waals surface area contributed by atoms with E-state index in [1.54, 1.807) is 35.6 Å². The fourth-order valence-electron chi connectivity index (χ4n) is 2.48. The molecule has 26 heavy (non-hydrogen) atoms. The highest BCUT2D eigenvalue weighted by Crippen LogP contribution is 2.22. The number of anilines is 1. The predicted octanol–water partition coefficient (Wildman–Crippen LogP) is 3.23. The maximum Gasteiger partial charge on any atom is 0.254 e. The molecule has 1 heterocycles. The Morgan fingerprint density at radius 3 is 2.69 bits per heavy atom. The quantitative estimate of drug-likeness (QED) is 0.661. The number of nitrogens with one attached hydrogen (secondary N) is 2. The number of amides is 2. The summed E-state index contributed by atoms with van der Waals surface area (Å²) in [5, 5.41) is 6.32. The number of aryl methyl sites for hydroxylation is 1. The molecule has 0 unspecified atom stereocenters. The van der Waals surface area contributed by atoms with Gasteiger partial charge in [0.25, 0.3) is 5.91 Å². The van der Waals surface area contributed by atoms with Crippen molar-refractivity contribution in [1.29, 1.82) is 0 Å². The first-order chi connectivity index (χ1) is 12.7. The molecule has 3 aromatic rings. The molecule has 5 nitrogen and oxygen atoms in total. The van der Waals surface area contributed by atoms with Gasteiger partial charge in [-0.25, -0.2) is 4.98 Å². The van der Waals surface area contributed by atoms with Crippen molar-refractivity contribution < 1.29 is 9.59 Å². The maximum atomic E-state index is 12.3. The molecule has 1 aromatic heterocycles. The lowest BCUT2D eigenvalue weighted by Gasteiger charge is -2.10. The molecule has 0 aliphatic carbocycles. The molecule has 0 spiro atoms. The summed E-state index contributed by atoms with van der Waals surface area (Å²) in [7, 11) is 0. The molecule has 2 aromatic carbocycles. The lowest BCUT2D eigenvalue weighted by Crippen LogP contribution is -2.25. The molecule has 0 saturated carbocycles. The summed E-state index contributed by atoms with van der Waals surface area (Å²) in [5.74, 6) is 1.87. The fourth-order valence-corrected chi connectivity index (χ4v) is 3.44. The molecular weight excluding hydrogens is 346 g/mol. The monoisotopic (exact) mass is 363 g/mol. The second-order valence-corrected chi connectivity index (χ2v) is 6.67. The molecule has 2 N–H and O–H groups in total. The number of fused-ring (bicyclic) bond motifs is 1. The van der Waals surface area contributed by atoms with Crippen LogP contribution in [-0.2, 0) is 11.2 Å². The van der Waals surface area contributed by atoms with E-state index in [4.69, 9.17) is 6.42 Å². The summed E-state index contributed by atoms with van der Waals surface area (Å²) in [5.41, 5.74) is 1.80. The third-order valence-corrected chi connectivity index (χ3v) is 4.80. The van der Waals surface area contributed by atoms with Gasteiger partial charge in [-0.15, -0.1) is 17.8 Å². The molecular formula is C20H17N3O2S. The number of carbonyl (C=O) groups excluding carboxylic acids is 2. The second-order valence-electron chi connectivity index (χ2n) is 5.56. The third-order valence-electron chi connectivity index (χ3n) is 3.70. The van der Waals surface area contributed by atoms with Gasteiger partial charge in [0.1, 0.15) is 0 Å². The minimum atomic E-state index is -0.315. The van der Waals surface area contributed by atoms with E-state index in [2.05, 4.69) is 21.5 Å². The Morgan fingerprint density at radius 2 is 1.88 bits per heavy atom. The van der Waals surface area contributed by atoms with Crippen LogP contribution in [0.15, 0.2) is 48.5 Å². The van der Waals surface area contributed by atoms with E-state index in [1.807, 2.05) is 24.3 Å². The molecule has 130 valence electrons. The Morgan fingerprint density at radius 1 is 1.12 bits per heavy atom. The van der Waals surface area contributed by atoms with Crippen LogP contribution in [0.4, 0.5) is 5.69 Å². The summed E-state index contributed by atoms with van der Waals surface area (Å²) in [4.78, 5) is 28.9. The number of nitrogens with zero attached hydrogens (tertiary/aromatic N) is 1. The second kappa shape index (κ2) is 8.28. The van der Waals surface area contributed by atoms with Gasteiger partial charge in [-0.2, -0.15) is 0 Å².